The molecule has 1 atom stereocenters. The Balaban J connectivity index is 4.31. The van der Waals surface area contributed by atoms with E-state index in [2.05, 4.69) is 6.58 Å². The average Bonchev–Trinajstić information content (AvgIpc) is 2.11. The molecule has 16 heavy (non-hydrogen) atoms. The van der Waals surface area contributed by atoms with E-state index < -0.39 is 6.10 Å². The fraction of sp³-hybridized carbons (Fsp3) is 0.750. The number of carbonyl (C=O) groups excluding carboxylic acids is 1. The van der Waals surface area contributed by atoms with E-state index in [4.69, 9.17) is 5.73 Å². The maximum atomic E-state index is 10.9. The Labute approximate surface area is 98.1 Å². The third kappa shape index (κ3) is 6.58. The van der Waals surface area contributed by atoms with Gasteiger partial charge in [-0.3, -0.25) is 9.69 Å². The molecule has 0 aromatic rings. The third-order valence-electron chi connectivity index (χ3n) is 2.43. The number of nitrogens with zero attached hydrogens (tertiary/aromatic N) is 1. The number of aliphatic hydroxyl groups excluding tert-OH is 1. The van der Waals surface area contributed by atoms with Gasteiger partial charge in [-0.15, -0.1) is 6.58 Å². The summed E-state index contributed by atoms with van der Waals surface area (Å²) in [6.45, 7) is 10.2. The fourth-order valence-electron chi connectivity index (χ4n) is 1.42. The van der Waals surface area contributed by atoms with E-state index in [1.807, 2.05) is 25.7 Å². The van der Waals surface area contributed by atoms with Gasteiger partial charge in [-0.05, 0) is 33.6 Å². The highest BCUT2D eigenvalue weighted by atomic mass is 16.3. The molecule has 0 aliphatic carbocycles. The van der Waals surface area contributed by atoms with Gasteiger partial charge in [0.1, 0.15) is 0 Å². The summed E-state index contributed by atoms with van der Waals surface area (Å²) >= 11 is 0. The molecular weight excluding hydrogens is 204 g/mol. The minimum atomic E-state index is -0.448. The number of hydrogen-bond donors (Lipinski definition) is 2. The SMILES string of the molecule is C=CCCC(O)CN(CC(N)=O)C(C)(C)C. The summed E-state index contributed by atoms with van der Waals surface area (Å²) in [6, 6.07) is 0. The minimum absolute atomic E-state index is 0.175. The quantitative estimate of drug-likeness (QED) is 0.636. The first-order valence-electron chi connectivity index (χ1n) is 5.59. The Morgan fingerprint density at radius 1 is 1.56 bits per heavy atom. The number of amides is 1. The average molecular weight is 228 g/mol. The molecule has 4 nitrogen and oxygen atoms in total. The summed E-state index contributed by atoms with van der Waals surface area (Å²) in [7, 11) is 0. The molecule has 0 saturated heterocycles. The number of β-amino-alcohol motifs (C(OH)–C–C–N with tert-alkyl or cyclic N) is 1. The van der Waals surface area contributed by atoms with Crippen LogP contribution in [0.4, 0.5) is 0 Å². The van der Waals surface area contributed by atoms with Gasteiger partial charge < -0.3 is 10.8 Å². The first-order valence-corrected chi connectivity index (χ1v) is 5.59. The number of carbonyl (C=O) groups is 1. The molecule has 0 heterocycles. The lowest BCUT2D eigenvalue weighted by molar-refractivity contribution is -0.120. The Kier molecular flexibility index (Phi) is 6.29. The van der Waals surface area contributed by atoms with Crippen molar-refractivity contribution in [1.29, 1.82) is 0 Å². The lowest BCUT2D eigenvalue weighted by Gasteiger charge is -2.36. The zero-order chi connectivity index (χ0) is 12.8. The van der Waals surface area contributed by atoms with E-state index in [0.717, 1.165) is 6.42 Å². The molecule has 0 aromatic carbocycles. The number of allylic oxidation sites excluding steroid dienone is 1. The predicted molar refractivity (Wildman–Crippen MR) is 66.0 cm³/mol. The van der Waals surface area contributed by atoms with Crippen LogP contribution in [-0.4, -0.2) is 40.6 Å². The second kappa shape index (κ2) is 6.66. The van der Waals surface area contributed by atoms with Crippen LogP contribution in [0.3, 0.4) is 0 Å². The second-order valence-electron chi connectivity index (χ2n) is 5.04. The van der Waals surface area contributed by atoms with Gasteiger partial charge in [-0.25, -0.2) is 0 Å². The van der Waals surface area contributed by atoms with Crippen molar-refractivity contribution in [2.75, 3.05) is 13.1 Å². The van der Waals surface area contributed by atoms with Crippen LogP contribution in [0.1, 0.15) is 33.6 Å². The number of hydrogen-bond acceptors (Lipinski definition) is 3. The molecule has 0 radical (unpaired) electrons. The van der Waals surface area contributed by atoms with Gasteiger partial charge >= 0.3 is 0 Å². The molecule has 1 unspecified atom stereocenters. The maximum Gasteiger partial charge on any atom is 0.231 e. The summed E-state index contributed by atoms with van der Waals surface area (Å²) in [6.07, 6.45) is 2.76. The van der Waals surface area contributed by atoms with Crippen LogP contribution >= 0.6 is 0 Å². The molecule has 0 aliphatic heterocycles. The first-order chi connectivity index (χ1) is 7.27. The number of rotatable bonds is 7. The summed E-state index contributed by atoms with van der Waals surface area (Å²) < 4.78 is 0. The molecule has 0 aliphatic rings. The Bertz CT molecular complexity index is 234. The lowest BCUT2D eigenvalue weighted by Crippen LogP contribution is -2.49. The van der Waals surface area contributed by atoms with Gasteiger partial charge in [-0.2, -0.15) is 0 Å². The van der Waals surface area contributed by atoms with Crippen molar-refractivity contribution < 1.29 is 9.90 Å². The Morgan fingerprint density at radius 3 is 2.50 bits per heavy atom. The van der Waals surface area contributed by atoms with Crippen LogP contribution in [0.5, 0.6) is 0 Å². The van der Waals surface area contributed by atoms with Gasteiger partial charge in [0.05, 0.1) is 12.6 Å². The monoisotopic (exact) mass is 228 g/mol. The summed E-state index contributed by atoms with van der Waals surface area (Å²) in [4.78, 5) is 12.8. The first kappa shape index (κ1) is 15.1. The van der Waals surface area contributed by atoms with E-state index in [0.29, 0.717) is 13.0 Å². The van der Waals surface area contributed by atoms with E-state index in [9.17, 15) is 9.90 Å². The summed E-state index contributed by atoms with van der Waals surface area (Å²) in [5.41, 5.74) is 5.01. The van der Waals surface area contributed by atoms with Crippen molar-refractivity contribution in [2.45, 2.75) is 45.3 Å². The summed E-state index contributed by atoms with van der Waals surface area (Å²) in [5.74, 6) is -0.370. The van der Waals surface area contributed by atoms with Crippen LogP contribution in [0, 0.1) is 0 Å². The topological polar surface area (TPSA) is 66.6 Å². The van der Waals surface area contributed by atoms with E-state index >= 15 is 0 Å². The normalized spacial score (nSPS) is 13.8. The fourth-order valence-corrected chi connectivity index (χ4v) is 1.42. The molecule has 0 rings (SSSR count). The zero-order valence-electron chi connectivity index (χ0n) is 10.6. The van der Waals surface area contributed by atoms with Gasteiger partial charge in [0.15, 0.2) is 0 Å². The minimum Gasteiger partial charge on any atom is -0.392 e. The zero-order valence-corrected chi connectivity index (χ0v) is 10.6. The highest BCUT2D eigenvalue weighted by molar-refractivity contribution is 5.76. The van der Waals surface area contributed by atoms with Crippen molar-refractivity contribution >= 4 is 5.91 Å². The molecule has 3 N–H and O–H groups in total. The van der Waals surface area contributed by atoms with E-state index in [1.165, 1.54) is 0 Å². The lowest BCUT2D eigenvalue weighted by atomic mass is 10.0. The molecule has 0 aromatic heterocycles. The molecule has 1 amide bonds. The van der Waals surface area contributed by atoms with Gasteiger partial charge in [-0.1, -0.05) is 6.08 Å². The molecule has 0 spiro atoms. The second-order valence-corrected chi connectivity index (χ2v) is 5.04. The van der Waals surface area contributed by atoms with Gasteiger partial charge in [0.2, 0.25) is 5.91 Å². The van der Waals surface area contributed by atoms with Crippen LogP contribution < -0.4 is 5.73 Å². The standard InChI is InChI=1S/C12H24N2O2/c1-5-6-7-10(15)8-14(9-11(13)16)12(2,3)4/h5,10,15H,1,6-9H2,2-4H3,(H2,13,16). The van der Waals surface area contributed by atoms with Crippen molar-refractivity contribution in [1.82, 2.24) is 4.90 Å². The molecule has 94 valence electrons. The molecular formula is C12H24N2O2. The van der Waals surface area contributed by atoms with Crippen molar-refractivity contribution in [3.05, 3.63) is 12.7 Å². The number of aliphatic hydroxyl groups is 1. The largest absolute Gasteiger partial charge is 0.392 e. The van der Waals surface area contributed by atoms with E-state index in [1.54, 1.807) is 6.08 Å². The summed E-state index contributed by atoms with van der Waals surface area (Å²) in [5, 5.41) is 9.79. The maximum absolute atomic E-state index is 10.9. The van der Waals surface area contributed by atoms with Gasteiger partial charge in [0.25, 0.3) is 0 Å². The molecule has 0 saturated carbocycles. The Hall–Kier alpha value is -0.870. The smallest absolute Gasteiger partial charge is 0.231 e. The van der Waals surface area contributed by atoms with Crippen LogP contribution in [0.15, 0.2) is 12.7 Å². The highest BCUT2D eigenvalue weighted by Crippen LogP contribution is 2.14. The van der Waals surface area contributed by atoms with Crippen LogP contribution in [0.2, 0.25) is 0 Å². The number of nitrogens with two attached hydrogens (primary N) is 1. The van der Waals surface area contributed by atoms with Gasteiger partial charge in [0, 0.05) is 12.1 Å². The Morgan fingerprint density at radius 2 is 2.12 bits per heavy atom. The molecule has 0 fully saturated rings. The third-order valence-corrected chi connectivity index (χ3v) is 2.43. The van der Waals surface area contributed by atoms with Crippen molar-refractivity contribution in [2.24, 2.45) is 5.73 Å². The predicted octanol–water partition coefficient (Wildman–Crippen LogP) is 0.899. The van der Waals surface area contributed by atoms with Crippen molar-refractivity contribution in [3.8, 4) is 0 Å². The van der Waals surface area contributed by atoms with E-state index in [-0.39, 0.29) is 18.0 Å². The highest BCUT2D eigenvalue weighted by Gasteiger charge is 2.24. The molecule has 4 heteroatoms. The molecule has 0 bridgehead atoms. The van der Waals surface area contributed by atoms with Crippen LogP contribution in [0.25, 0.3) is 0 Å². The van der Waals surface area contributed by atoms with Crippen LogP contribution in [-0.2, 0) is 4.79 Å². The van der Waals surface area contributed by atoms with Crippen molar-refractivity contribution in [3.63, 3.8) is 0 Å². The number of primary amides is 1.